The maximum Gasteiger partial charge on any atom is 0.303 e. The number of nitrogens with zero attached hydrogens (tertiary/aromatic N) is 1. The first-order chi connectivity index (χ1) is 9.56. The van der Waals surface area contributed by atoms with Crippen LogP contribution in [-0.4, -0.2) is 33.5 Å². The van der Waals surface area contributed by atoms with E-state index in [1.54, 1.807) is 19.3 Å². The van der Waals surface area contributed by atoms with Crippen molar-refractivity contribution in [3.63, 3.8) is 0 Å². The van der Waals surface area contributed by atoms with Gasteiger partial charge in [0, 0.05) is 30.7 Å². The number of aromatic amines is 1. The number of fused-ring (bicyclic) bond motifs is 1. The summed E-state index contributed by atoms with van der Waals surface area (Å²) in [7, 11) is 0. The largest absolute Gasteiger partial charge is 0.481 e. The summed E-state index contributed by atoms with van der Waals surface area (Å²) in [5, 5.41) is 12.3. The van der Waals surface area contributed by atoms with Gasteiger partial charge in [0.15, 0.2) is 0 Å². The minimum absolute atomic E-state index is 0.0529. The number of nitrogens with one attached hydrogen (secondary N) is 2. The summed E-state index contributed by atoms with van der Waals surface area (Å²) in [4.78, 5) is 29.6. The highest BCUT2D eigenvalue weighted by Crippen LogP contribution is 2.15. The Morgan fingerprint density at radius 1 is 1.50 bits per heavy atom. The Labute approximate surface area is 116 Å². The van der Waals surface area contributed by atoms with Crippen LogP contribution in [0.4, 0.5) is 0 Å². The second-order valence-electron chi connectivity index (χ2n) is 4.90. The molecule has 0 aliphatic rings. The highest BCUT2D eigenvalue weighted by Gasteiger charge is 2.11. The summed E-state index contributed by atoms with van der Waals surface area (Å²) in [5.41, 5.74) is 1.64. The molecule has 1 atom stereocenters. The van der Waals surface area contributed by atoms with Crippen LogP contribution >= 0.6 is 0 Å². The molecule has 2 heterocycles. The third kappa shape index (κ3) is 3.57. The smallest absolute Gasteiger partial charge is 0.303 e. The van der Waals surface area contributed by atoms with Crippen LogP contribution in [0, 0.1) is 5.92 Å². The zero-order valence-electron chi connectivity index (χ0n) is 11.2. The van der Waals surface area contributed by atoms with Gasteiger partial charge in [-0.05, 0) is 23.6 Å². The molecule has 2 aromatic heterocycles. The lowest BCUT2D eigenvalue weighted by atomic mass is 10.1. The maximum absolute atomic E-state index is 11.9. The van der Waals surface area contributed by atoms with Crippen LogP contribution in [0.2, 0.25) is 0 Å². The van der Waals surface area contributed by atoms with Gasteiger partial charge in [0.25, 0.3) is 0 Å². The zero-order chi connectivity index (χ0) is 14.5. The molecular weight excluding hydrogens is 258 g/mol. The van der Waals surface area contributed by atoms with Gasteiger partial charge < -0.3 is 15.4 Å². The fourth-order valence-electron chi connectivity index (χ4n) is 2.05. The first-order valence-electron chi connectivity index (χ1n) is 6.45. The summed E-state index contributed by atoms with van der Waals surface area (Å²) in [6, 6.07) is 3.74. The summed E-state index contributed by atoms with van der Waals surface area (Å²) in [6.45, 7) is 2.16. The molecule has 0 spiro atoms. The Morgan fingerprint density at radius 2 is 2.30 bits per heavy atom. The number of carbonyl (C=O) groups is 2. The molecule has 6 nitrogen and oxygen atoms in total. The van der Waals surface area contributed by atoms with Crippen LogP contribution in [-0.2, 0) is 16.0 Å². The highest BCUT2D eigenvalue weighted by atomic mass is 16.4. The van der Waals surface area contributed by atoms with E-state index in [4.69, 9.17) is 5.11 Å². The van der Waals surface area contributed by atoms with E-state index < -0.39 is 5.97 Å². The highest BCUT2D eigenvalue weighted by molar-refractivity contribution is 5.87. The normalized spacial score (nSPS) is 12.2. The lowest BCUT2D eigenvalue weighted by molar-refractivity contribution is -0.138. The van der Waals surface area contributed by atoms with Gasteiger partial charge in [-0.3, -0.25) is 9.59 Å². The number of carboxylic acids is 1. The Bertz CT molecular complexity index is 621. The van der Waals surface area contributed by atoms with Gasteiger partial charge in [0.1, 0.15) is 5.65 Å². The molecule has 0 radical (unpaired) electrons. The van der Waals surface area contributed by atoms with E-state index in [1.165, 1.54) is 0 Å². The van der Waals surface area contributed by atoms with Gasteiger partial charge in [0.05, 0.1) is 6.42 Å². The molecule has 0 saturated carbocycles. The number of H-pyrrole nitrogens is 1. The maximum atomic E-state index is 11.9. The van der Waals surface area contributed by atoms with E-state index in [9.17, 15) is 9.59 Å². The molecule has 1 unspecified atom stereocenters. The third-order valence-electron chi connectivity index (χ3n) is 3.06. The van der Waals surface area contributed by atoms with Gasteiger partial charge in [-0.15, -0.1) is 0 Å². The molecule has 0 aromatic carbocycles. The lowest BCUT2D eigenvalue weighted by Crippen LogP contribution is -2.30. The van der Waals surface area contributed by atoms with Crippen LogP contribution < -0.4 is 5.32 Å². The Balaban J connectivity index is 1.90. The number of aromatic nitrogens is 2. The molecular formula is C14H17N3O3. The van der Waals surface area contributed by atoms with Crippen molar-refractivity contribution in [3.8, 4) is 0 Å². The fourth-order valence-corrected chi connectivity index (χ4v) is 2.05. The first kappa shape index (κ1) is 14.0. The lowest BCUT2D eigenvalue weighted by Gasteiger charge is -2.10. The predicted octanol–water partition coefficient (Wildman–Crippen LogP) is 1.33. The minimum Gasteiger partial charge on any atom is -0.481 e. The number of rotatable bonds is 6. The van der Waals surface area contributed by atoms with E-state index in [0.29, 0.717) is 6.54 Å². The van der Waals surface area contributed by atoms with Crippen molar-refractivity contribution >= 4 is 22.9 Å². The zero-order valence-corrected chi connectivity index (χ0v) is 11.2. The molecule has 20 heavy (non-hydrogen) atoms. The summed E-state index contributed by atoms with van der Waals surface area (Å²) in [5.74, 6) is -1.05. The molecule has 0 bridgehead atoms. The monoisotopic (exact) mass is 275 g/mol. The molecule has 0 saturated heterocycles. The number of aliphatic carboxylic acids is 1. The fraction of sp³-hybridized carbons (Fsp3) is 0.357. The van der Waals surface area contributed by atoms with Gasteiger partial charge in [-0.25, -0.2) is 4.98 Å². The number of carboxylic acid groups (broad SMARTS) is 1. The second kappa shape index (κ2) is 6.18. The van der Waals surface area contributed by atoms with E-state index in [0.717, 1.165) is 16.6 Å². The number of pyridine rings is 1. The van der Waals surface area contributed by atoms with Crippen LogP contribution in [0.25, 0.3) is 11.0 Å². The molecule has 2 rings (SSSR count). The molecule has 6 heteroatoms. The standard InChI is InChI=1S/C14H17N3O3/c1-9(5-13(19)20)7-16-12(18)6-10-8-17-14-11(10)3-2-4-15-14/h2-4,8-9H,5-7H2,1H3,(H,15,17)(H,16,18)(H,19,20). The molecule has 0 fully saturated rings. The van der Waals surface area contributed by atoms with Gasteiger partial charge in [-0.1, -0.05) is 6.92 Å². The van der Waals surface area contributed by atoms with Crippen molar-refractivity contribution in [2.24, 2.45) is 5.92 Å². The van der Waals surface area contributed by atoms with Crippen molar-refractivity contribution in [1.82, 2.24) is 15.3 Å². The Kier molecular flexibility index (Phi) is 4.34. The molecule has 0 aliphatic heterocycles. The molecule has 3 N–H and O–H groups in total. The van der Waals surface area contributed by atoms with Crippen molar-refractivity contribution < 1.29 is 14.7 Å². The Hall–Kier alpha value is -2.37. The number of amides is 1. The van der Waals surface area contributed by atoms with Gasteiger partial charge in [0.2, 0.25) is 5.91 Å². The summed E-state index contributed by atoms with van der Waals surface area (Å²) >= 11 is 0. The van der Waals surface area contributed by atoms with Crippen molar-refractivity contribution in [3.05, 3.63) is 30.1 Å². The van der Waals surface area contributed by atoms with Gasteiger partial charge in [-0.2, -0.15) is 0 Å². The third-order valence-corrected chi connectivity index (χ3v) is 3.06. The van der Waals surface area contributed by atoms with Crippen molar-refractivity contribution in [2.75, 3.05) is 6.54 Å². The van der Waals surface area contributed by atoms with E-state index in [-0.39, 0.29) is 24.7 Å². The molecule has 1 amide bonds. The Morgan fingerprint density at radius 3 is 3.05 bits per heavy atom. The second-order valence-corrected chi connectivity index (χ2v) is 4.90. The number of hydrogen-bond acceptors (Lipinski definition) is 3. The van der Waals surface area contributed by atoms with Crippen molar-refractivity contribution in [2.45, 2.75) is 19.8 Å². The SMILES string of the molecule is CC(CNC(=O)Cc1c[nH]c2ncccc12)CC(=O)O. The van der Waals surface area contributed by atoms with Crippen molar-refractivity contribution in [1.29, 1.82) is 0 Å². The topological polar surface area (TPSA) is 95.1 Å². The molecule has 0 aliphatic carbocycles. The summed E-state index contributed by atoms with van der Waals surface area (Å²) in [6.07, 6.45) is 3.77. The average Bonchev–Trinajstić information content (AvgIpc) is 2.79. The van der Waals surface area contributed by atoms with E-state index >= 15 is 0 Å². The minimum atomic E-state index is -0.852. The average molecular weight is 275 g/mol. The quantitative estimate of drug-likeness (QED) is 0.741. The van der Waals surface area contributed by atoms with Crippen LogP contribution in [0.1, 0.15) is 18.9 Å². The number of carbonyl (C=O) groups excluding carboxylic acids is 1. The molecule has 2 aromatic rings. The van der Waals surface area contributed by atoms with Crippen LogP contribution in [0.3, 0.4) is 0 Å². The van der Waals surface area contributed by atoms with Crippen LogP contribution in [0.5, 0.6) is 0 Å². The van der Waals surface area contributed by atoms with E-state index in [2.05, 4.69) is 15.3 Å². The predicted molar refractivity (Wildman–Crippen MR) is 74.2 cm³/mol. The van der Waals surface area contributed by atoms with E-state index in [1.807, 2.05) is 12.1 Å². The summed E-state index contributed by atoms with van der Waals surface area (Å²) < 4.78 is 0. The van der Waals surface area contributed by atoms with Gasteiger partial charge >= 0.3 is 5.97 Å². The van der Waals surface area contributed by atoms with Crippen LogP contribution in [0.15, 0.2) is 24.5 Å². The number of hydrogen-bond donors (Lipinski definition) is 3. The molecule has 106 valence electrons. The first-order valence-corrected chi connectivity index (χ1v) is 6.45.